The van der Waals surface area contributed by atoms with Gasteiger partial charge in [-0.1, -0.05) is 36.4 Å². The Morgan fingerprint density at radius 1 is 1.11 bits per heavy atom. The minimum absolute atomic E-state index is 0. The molecule has 2 aromatic carbocycles. The summed E-state index contributed by atoms with van der Waals surface area (Å²) in [7, 11) is 5.49. The standard InChI is InChI=1S/C21H24N4O.HI/c1-22-21(25(2)15-16-8-10-18(26-3)11-9-16)24-14-20-19-7-5-4-6-17(19)12-13-23-20;/h4-13H,14-15H2,1-3H3,(H,22,24);1H. The minimum Gasteiger partial charge on any atom is -0.497 e. The molecule has 0 saturated carbocycles. The summed E-state index contributed by atoms with van der Waals surface area (Å²) >= 11 is 0. The number of pyridine rings is 1. The lowest BCUT2D eigenvalue weighted by molar-refractivity contribution is 0.414. The summed E-state index contributed by atoms with van der Waals surface area (Å²) in [5, 5.41) is 5.77. The zero-order valence-corrected chi connectivity index (χ0v) is 18.2. The summed E-state index contributed by atoms with van der Waals surface area (Å²) in [6.45, 7) is 1.38. The van der Waals surface area contributed by atoms with Crippen molar-refractivity contribution in [3.63, 3.8) is 0 Å². The molecule has 0 spiro atoms. The molecule has 1 aromatic heterocycles. The minimum atomic E-state index is 0. The van der Waals surface area contributed by atoms with Gasteiger partial charge >= 0.3 is 0 Å². The molecular weight excluding hydrogens is 451 g/mol. The number of guanidine groups is 1. The molecule has 0 radical (unpaired) electrons. The number of aromatic nitrogens is 1. The summed E-state index contributed by atoms with van der Waals surface area (Å²) in [4.78, 5) is 11.0. The normalized spacial score (nSPS) is 11.0. The predicted octanol–water partition coefficient (Wildman–Crippen LogP) is 4.07. The molecule has 0 aliphatic carbocycles. The van der Waals surface area contributed by atoms with Gasteiger partial charge in [0, 0.05) is 32.2 Å². The number of nitrogens with one attached hydrogen (secondary N) is 1. The van der Waals surface area contributed by atoms with E-state index in [-0.39, 0.29) is 24.0 Å². The largest absolute Gasteiger partial charge is 0.497 e. The third kappa shape index (κ3) is 5.32. The number of fused-ring (bicyclic) bond motifs is 1. The van der Waals surface area contributed by atoms with E-state index in [4.69, 9.17) is 4.74 Å². The second-order valence-corrected chi connectivity index (χ2v) is 6.08. The summed E-state index contributed by atoms with van der Waals surface area (Å²) in [5.74, 6) is 1.69. The molecule has 0 atom stereocenters. The van der Waals surface area contributed by atoms with Gasteiger partial charge in [0.25, 0.3) is 0 Å². The molecule has 0 saturated heterocycles. The Bertz CT molecular complexity index is 891. The molecule has 142 valence electrons. The van der Waals surface area contributed by atoms with Crippen LogP contribution < -0.4 is 10.1 Å². The first kappa shape index (κ1) is 21.0. The summed E-state index contributed by atoms with van der Waals surface area (Å²) in [6.07, 6.45) is 1.85. The lowest BCUT2D eigenvalue weighted by atomic mass is 10.1. The Balaban J connectivity index is 0.00000261. The van der Waals surface area contributed by atoms with E-state index in [1.807, 2.05) is 43.6 Å². The quantitative estimate of drug-likeness (QED) is 0.343. The lowest BCUT2D eigenvalue weighted by Gasteiger charge is -2.22. The van der Waals surface area contributed by atoms with Gasteiger partial charge in [-0.05, 0) is 29.1 Å². The first-order valence-corrected chi connectivity index (χ1v) is 8.58. The van der Waals surface area contributed by atoms with Crippen LogP contribution in [0.25, 0.3) is 10.8 Å². The Kier molecular flexibility index (Phi) is 7.84. The van der Waals surface area contributed by atoms with Crippen LogP contribution in [0, 0.1) is 0 Å². The van der Waals surface area contributed by atoms with Crippen LogP contribution in [0.5, 0.6) is 5.75 Å². The molecule has 0 bridgehead atoms. The van der Waals surface area contributed by atoms with E-state index >= 15 is 0 Å². The SMILES string of the molecule is CN=C(NCc1nccc2ccccc12)N(C)Cc1ccc(OC)cc1.I. The molecule has 0 fully saturated rings. The monoisotopic (exact) mass is 476 g/mol. The third-order valence-electron chi connectivity index (χ3n) is 4.32. The van der Waals surface area contributed by atoms with Crippen LogP contribution in [0.1, 0.15) is 11.3 Å². The number of nitrogens with zero attached hydrogens (tertiary/aromatic N) is 3. The van der Waals surface area contributed by atoms with E-state index in [2.05, 4.69) is 44.5 Å². The molecule has 5 nitrogen and oxygen atoms in total. The highest BCUT2D eigenvalue weighted by molar-refractivity contribution is 14.0. The maximum atomic E-state index is 5.21. The van der Waals surface area contributed by atoms with Crippen LogP contribution in [-0.2, 0) is 13.1 Å². The zero-order chi connectivity index (χ0) is 18.4. The molecule has 6 heteroatoms. The predicted molar refractivity (Wildman–Crippen MR) is 122 cm³/mol. The van der Waals surface area contributed by atoms with E-state index in [1.165, 1.54) is 10.9 Å². The number of aliphatic imine (C=N–C) groups is 1. The molecule has 3 rings (SSSR count). The van der Waals surface area contributed by atoms with Gasteiger partial charge in [-0.2, -0.15) is 0 Å². The van der Waals surface area contributed by atoms with Crippen LogP contribution >= 0.6 is 24.0 Å². The summed E-state index contributed by atoms with van der Waals surface area (Å²) in [5.41, 5.74) is 2.21. The van der Waals surface area contributed by atoms with Crippen molar-refractivity contribution >= 4 is 40.7 Å². The van der Waals surface area contributed by atoms with Crippen LogP contribution in [0.15, 0.2) is 65.8 Å². The maximum absolute atomic E-state index is 5.21. The maximum Gasteiger partial charge on any atom is 0.194 e. The van der Waals surface area contributed by atoms with Crippen LogP contribution in [0.3, 0.4) is 0 Å². The van der Waals surface area contributed by atoms with Crippen molar-refractivity contribution in [2.45, 2.75) is 13.1 Å². The number of hydrogen-bond acceptors (Lipinski definition) is 3. The average molecular weight is 476 g/mol. The highest BCUT2D eigenvalue weighted by Crippen LogP contribution is 2.16. The molecule has 0 unspecified atom stereocenters. The topological polar surface area (TPSA) is 49.8 Å². The molecule has 1 N–H and O–H groups in total. The Labute approximate surface area is 177 Å². The van der Waals surface area contributed by atoms with Gasteiger partial charge < -0.3 is 15.0 Å². The molecule has 0 aliphatic heterocycles. The van der Waals surface area contributed by atoms with Gasteiger partial charge in [-0.15, -0.1) is 24.0 Å². The summed E-state index contributed by atoms with van der Waals surface area (Å²) < 4.78 is 5.21. The van der Waals surface area contributed by atoms with Gasteiger partial charge in [-0.3, -0.25) is 9.98 Å². The second-order valence-electron chi connectivity index (χ2n) is 6.08. The fourth-order valence-electron chi connectivity index (χ4n) is 2.95. The number of benzene rings is 2. The van der Waals surface area contributed by atoms with Crippen LogP contribution in [0.4, 0.5) is 0 Å². The molecular formula is C21H25IN4O. The highest BCUT2D eigenvalue weighted by Gasteiger charge is 2.08. The van der Waals surface area contributed by atoms with E-state index in [0.29, 0.717) is 6.54 Å². The van der Waals surface area contributed by atoms with Crippen LogP contribution in [-0.4, -0.2) is 37.0 Å². The average Bonchev–Trinajstić information content (AvgIpc) is 2.69. The van der Waals surface area contributed by atoms with Crippen molar-refractivity contribution in [1.82, 2.24) is 15.2 Å². The molecule has 1 heterocycles. The Morgan fingerprint density at radius 2 is 1.85 bits per heavy atom. The molecule has 27 heavy (non-hydrogen) atoms. The first-order chi connectivity index (χ1) is 12.7. The molecule has 3 aromatic rings. The van der Waals surface area contributed by atoms with E-state index < -0.39 is 0 Å². The van der Waals surface area contributed by atoms with Crippen molar-refractivity contribution in [2.75, 3.05) is 21.2 Å². The third-order valence-corrected chi connectivity index (χ3v) is 4.32. The molecule has 0 amide bonds. The smallest absolute Gasteiger partial charge is 0.194 e. The number of halogens is 1. The number of ether oxygens (including phenoxy) is 1. The second kappa shape index (κ2) is 10.1. The van der Waals surface area contributed by atoms with Crippen molar-refractivity contribution < 1.29 is 4.74 Å². The Hall–Kier alpha value is -2.35. The first-order valence-electron chi connectivity index (χ1n) is 8.58. The fourth-order valence-corrected chi connectivity index (χ4v) is 2.95. The van der Waals surface area contributed by atoms with E-state index in [0.717, 1.165) is 29.3 Å². The Morgan fingerprint density at radius 3 is 2.56 bits per heavy atom. The summed E-state index contributed by atoms with van der Waals surface area (Å²) in [6, 6.07) is 18.4. The van der Waals surface area contributed by atoms with E-state index in [1.54, 1.807) is 14.2 Å². The van der Waals surface area contributed by atoms with Crippen molar-refractivity contribution in [3.8, 4) is 5.75 Å². The lowest BCUT2D eigenvalue weighted by Crippen LogP contribution is -2.38. The van der Waals surface area contributed by atoms with Crippen molar-refractivity contribution in [1.29, 1.82) is 0 Å². The van der Waals surface area contributed by atoms with Gasteiger partial charge in [0.1, 0.15) is 5.75 Å². The van der Waals surface area contributed by atoms with Crippen molar-refractivity contribution in [2.24, 2.45) is 4.99 Å². The van der Waals surface area contributed by atoms with Gasteiger partial charge in [0.15, 0.2) is 5.96 Å². The number of hydrogen-bond donors (Lipinski definition) is 1. The highest BCUT2D eigenvalue weighted by atomic mass is 127. The van der Waals surface area contributed by atoms with E-state index in [9.17, 15) is 0 Å². The van der Waals surface area contributed by atoms with Gasteiger partial charge in [0.05, 0.1) is 19.3 Å². The zero-order valence-electron chi connectivity index (χ0n) is 15.8. The van der Waals surface area contributed by atoms with Crippen LogP contribution in [0.2, 0.25) is 0 Å². The van der Waals surface area contributed by atoms with Gasteiger partial charge in [0.2, 0.25) is 0 Å². The van der Waals surface area contributed by atoms with Crippen molar-refractivity contribution in [3.05, 3.63) is 72.1 Å². The molecule has 0 aliphatic rings. The fraction of sp³-hybridized carbons (Fsp3) is 0.238. The van der Waals surface area contributed by atoms with Gasteiger partial charge in [-0.25, -0.2) is 0 Å². The number of methoxy groups -OCH3 is 1. The number of rotatable bonds is 5.